The molecule has 0 radical (unpaired) electrons. The minimum atomic E-state index is 1.08. The third kappa shape index (κ3) is 7.12. The first kappa shape index (κ1) is 38.9. The van der Waals surface area contributed by atoms with Crippen molar-refractivity contribution in [3.63, 3.8) is 0 Å². The highest BCUT2D eigenvalue weighted by molar-refractivity contribution is 6.16. The van der Waals surface area contributed by atoms with Crippen LogP contribution in [0.15, 0.2) is 267 Å². The van der Waals surface area contributed by atoms with Crippen LogP contribution < -0.4 is 4.90 Å². The normalized spacial score (nSPS) is 11.3. The van der Waals surface area contributed by atoms with E-state index in [1.54, 1.807) is 0 Å². The maximum Gasteiger partial charge on any atom is 0.0547 e. The fourth-order valence-corrected chi connectivity index (χ4v) is 9.83. The third-order valence-corrected chi connectivity index (χ3v) is 13.0. The van der Waals surface area contributed by atoms with Gasteiger partial charge >= 0.3 is 0 Å². The van der Waals surface area contributed by atoms with E-state index in [4.69, 9.17) is 0 Å². The lowest BCUT2D eigenvalue weighted by atomic mass is 9.93. The second-order valence-electron chi connectivity index (χ2n) is 16.9. The van der Waals surface area contributed by atoms with Crippen LogP contribution in [-0.4, -0.2) is 4.57 Å². The number of benzene rings is 11. The average Bonchev–Trinajstić information content (AvgIpc) is 3.74. The molecule has 1 heterocycles. The number of aromatic nitrogens is 1. The maximum atomic E-state index is 2.39. The van der Waals surface area contributed by atoms with Gasteiger partial charge in [0, 0.05) is 33.5 Å². The number of nitrogens with zero attached hydrogens (tertiary/aromatic N) is 2. The molecule has 0 amide bonds. The summed E-state index contributed by atoms with van der Waals surface area (Å²) in [6, 6.07) is 96.9. The molecular weight excluding hydrogens is 797 g/mol. The van der Waals surface area contributed by atoms with Gasteiger partial charge in [0.05, 0.1) is 11.0 Å². The van der Waals surface area contributed by atoms with Crippen LogP contribution in [0.3, 0.4) is 0 Å². The van der Waals surface area contributed by atoms with E-state index in [0.29, 0.717) is 0 Å². The third-order valence-electron chi connectivity index (χ3n) is 13.0. The standard InChI is InChI=1S/C64H44N2/c1-4-17-45(18-5-1)51-41-52(46-19-6-2-7-20-46)43-53(42-51)47-33-37-55(38-34-47)65(56-39-35-49(36-40-56)59-29-15-22-48-21-10-11-27-58(48)59)57-26-14-23-50(44-57)60-30-16-32-63-64(60)61-28-12-13-31-62(61)66(63)54-24-8-3-9-25-54/h1-44H. The summed E-state index contributed by atoms with van der Waals surface area (Å²) in [5, 5.41) is 4.98. The smallest absolute Gasteiger partial charge is 0.0547 e. The Balaban J connectivity index is 0.993. The van der Waals surface area contributed by atoms with E-state index < -0.39 is 0 Å². The molecule has 0 aliphatic rings. The Labute approximate surface area is 385 Å². The number of hydrogen-bond acceptors (Lipinski definition) is 1. The Morgan fingerprint density at radius 1 is 0.258 bits per heavy atom. The van der Waals surface area contributed by atoms with E-state index in [9.17, 15) is 0 Å². The topological polar surface area (TPSA) is 8.17 Å². The largest absolute Gasteiger partial charge is 0.310 e. The Kier molecular flexibility index (Phi) is 9.89. The molecule has 2 heteroatoms. The molecule has 12 rings (SSSR count). The highest BCUT2D eigenvalue weighted by atomic mass is 15.1. The van der Waals surface area contributed by atoms with Crippen molar-refractivity contribution in [2.75, 3.05) is 4.90 Å². The highest BCUT2D eigenvalue weighted by Gasteiger charge is 2.19. The lowest BCUT2D eigenvalue weighted by Gasteiger charge is -2.26. The molecule has 0 fully saturated rings. The van der Waals surface area contributed by atoms with Gasteiger partial charge in [-0.1, -0.05) is 188 Å². The van der Waals surface area contributed by atoms with Crippen molar-refractivity contribution in [3.8, 4) is 61.3 Å². The van der Waals surface area contributed by atoms with E-state index in [2.05, 4.69) is 276 Å². The molecule has 0 aliphatic heterocycles. The first-order valence-corrected chi connectivity index (χ1v) is 22.7. The SMILES string of the molecule is c1ccc(-c2cc(-c3ccccc3)cc(-c3ccc(N(c4ccc(-c5cccc6ccccc56)cc4)c4cccc(-c5cccc6c5c5ccccc5n6-c5ccccc5)c4)cc3)c2)cc1. The van der Waals surface area contributed by atoms with Gasteiger partial charge in [-0.25, -0.2) is 0 Å². The monoisotopic (exact) mass is 840 g/mol. The Hall–Kier alpha value is -8.72. The molecule has 12 aromatic rings. The molecule has 0 saturated heterocycles. The van der Waals surface area contributed by atoms with Crippen molar-refractivity contribution < 1.29 is 0 Å². The molecule has 0 saturated carbocycles. The molecular formula is C64H44N2. The van der Waals surface area contributed by atoms with Gasteiger partial charge < -0.3 is 9.47 Å². The van der Waals surface area contributed by atoms with Gasteiger partial charge in [0.1, 0.15) is 0 Å². The molecule has 11 aromatic carbocycles. The maximum absolute atomic E-state index is 2.39. The molecule has 0 atom stereocenters. The van der Waals surface area contributed by atoms with Gasteiger partial charge in [-0.15, -0.1) is 0 Å². The predicted octanol–water partition coefficient (Wildman–Crippen LogP) is 17.7. The Morgan fingerprint density at radius 2 is 0.727 bits per heavy atom. The van der Waals surface area contributed by atoms with Crippen molar-refractivity contribution in [2.45, 2.75) is 0 Å². The zero-order chi connectivity index (χ0) is 43.8. The van der Waals surface area contributed by atoms with Gasteiger partial charge in [-0.2, -0.15) is 0 Å². The summed E-state index contributed by atoms with van der Waals surface area (Å²) in [7, 11) is 0. The summed E-state index contributed by atoms with van der Waals surface area (Å²) >= 11 is 0. The van der Waals surface area contributed by atoms with Crippen LogP contribution in [0.1, 0.15) is 0 Å². The van der Waals surface area contributed by atoms with E-state index >= 15 is 0 Å². The lowest BCUT2D eigenvalue weighted by Crippen LogP contribution is -2.10. The van der Waals surface area contributed by atoms with Crippen molar-refractivity contribution >= 4 is 49.6 Å². The van der Waals surface area contributed by atoms with Crippen LogP contribution in [0.2, 0.25) is 0 Å². The van der Waals surface area contributed by atoms with Crippen LogP contribution >= 0.6 is 0 Å². The molecule has 0 N–H and O–H groups in total. The lowest BCUT2D eigenvalue weighted by molar-refractivity contribution is 1.18. The molecule has 0 unspecified atom stereocenters. The molecule has 0 spiro atoms. The van der Waals surface area contributed by atoms with E-state index in [1.165, 1.54) is 77.1 Å². The van der Waals surface area contributed by atoms with Crippen molar-refractivity contribution in [3.05, 3.63) is 267 Å². The van der Waals surface area contributed by atoms with Crippen LogP contribution in [0, 0.1) is 0 Å². The number of rotatable bonds is 9. The summed E-state index contributed by atoms with van der Waals surface area (Å²) in [6.07, 6.45) is 0. The fourth-order valence-electron chi connectivity index (χ4n) is 9.83. The van der Waals surface area contributed by atoms with Gasteiger partial charge in [0.15, 0.2) is 0 Å². The van der Waals surface area contributed by atoms with Crippen LogP contribution in [0.25, 0.3) is 93.9 Å². The second kappa shape index (κ2) is 16.8. The minimum absolute atomic E-state index is 1.08. The van der Waals surface area contributed by atoms with Crippen molar-refractivity contribution in [2.24, 2.45) is 0 Å². The predicted molar refractivity (Wildman–Crippen MR) is 280 cm³/mol. The van der Waals surface area contributed by atoms with Gasteiger partial charge in [0.2, 0.25) is 0 Å². The second-order valence-corrected chi connectivity index (χ2v) is 16.9. The summed E-state index contributed by atoms with van der Waals surface area (Å²) in [5.41, 5.74) is 18.7. The van der Waals surface area contributed by atoms with Gasteiger partial charge in [0.25, 0.3) is 0 Å². The first-order valence-electron chi connectivity index (χ1n) is 22.7. The number of anilines is 3. The van der Waals surface area contributed by atoms with Crippen LogP contribution in [0.4, 0.5) is 17.1 Å². The van der Waals surface area contributed by atoms with E-state index in [0.717, 1.165) is 33.9 Å². The summed E-state index contributed by atoms with van der Waals surface area (Å²) < 4.78 is 2.39. The fraction of sp³-hybridized carbons (Fsp3) is 0. The van der Waals surface area contributed by atoms with E-state index in [-0.39, 0.29) is 0 Å². The Morgan fingerprint density at radius 3 is 1.39 bits per heavy atom. The molecule has 1 aromatic heterocycles. The number of para-hydroxylation sites is 2. The molecule has 0 aliphatic carbocycles. The first-order chi connectivity index (χ1) is 32.7. The summed E-state index contributed by atoms with van der Waals surface area (Å²) in [5.74, 6) is 0. The molecule has 310 valence electrons. The zero-order valence-corrected chi connectivity index (χ0v) is 36.3. The molecule has 2 nitrogen and oxygen atoms in total. The van der Waals surface area contributed by atoms with Gasteiger partial charge in [-0.3, -0.25) is 0 Å². The molecule has 66 heavy (non-hydrogen) atoms. The van der Waals surface area contributed by atoms with Crippen LogP contribution in [-0.2, 0) is 0 Å². The number of hydrogen-bond donors (Lipinski definition) is 0. The van der Waals surface area contributed by atoms with Crippen molar-refractivity contribution in [1.29, 1.82) is 0 Å². The minimum Gasteiger partial charge on any atom is -0.310 e. The zero-order valence-electron chi connectivity index (χ0n) is 36.3. The highest BCUT2D eigenvalue weighted by Crippen LogP contribution is 2.43. The van der Waals surface area contributed by atoms with E-state index in [1.807, 2.05) is 0 Å². The Bertz CT molecular complexity index is 3600. The van der Waals surface area contributed by atoms with Gasteiger partial charge in [-0.05, 0) is 145 Å². The average molecular weight is 841 g/mol. The van der Waals surface area contributed by atoms with Crippen molar-refractivity contribution in [1.82, 2.24) is 4.57 Å². The summed E-state index contributed by atoms with van der Waals surface area (Å²) in [6.45, 7) is 0. The quantitative estimate of drug-likeness (QED) is 0.141. The molecule has 0 bridgehead atoms. The summed E-state index contributed by atoms with van der Waals surface area (Å²) in [4.78, 5) is 2.39. The van der Waals surface area contributed by atoms with Crippen LogP contribution in [0.5, 0.6) is 0 Å². The number of fused-ring (bicyclic) bond motifs is 4.